The Kier molecular flexibility index (Phi) is 5.67. The van der Waals surface area contributed by atoms with E-state index in [-0.39, 0.29) is 18.0 Å². The van der Waals surface area contributed by atoms with Gasteiger partial charge >= 0.3 is 6.03 Å². The van der Waals surface area contributed by atoms with E-state index in [9.17, 15) is 9.59 Å². The van der Waals surface area contributed by atoms with E-state index < -0.39 is 6.04 Å². The van der Waals surface area contributed by atoms with E-state index in [0.717, 1.165) is 17.5 Å². The van der Waals surface area contributed by atoms with Gasteiger partial charge in [0.2, 0.25) is 5.91 Å². The Morgan fingerprint density at radius 2 is 1.76 bits per heavy atom. The Labute approximate surface area is 147 Å². The summed E-state index contributed by atoms with van der Waals surface area (Å²) in [7, 11) is 0. The molecule has 3 N–H and O–H groups in total. The lowest BCUT2D eigenvalue weighted by molar-refractivity contribution is -0.124. The monoisotopic (exact) mass is 337 g/mol. The molecule has 1 aliphatic heterocycles. The second kappa shape index (κ2) is 8.33. The number of hydrogen-bond acceptors (Lipinski definition) is 2. The van der Waals surface area contributed by atoms with Crippen LogP contribution in [-0.4, -0.2) is 24.5 Å². The maximum absolute atomic E-state index is 12.4. The van der Waals surface area contributed by atoms with Gasteiger partial charge in [0.1, 0.15) is 6.04 Å². The molecule has 5 nitrogen and oxygen atoms in total. The van der Waals surface area contributed by atoms with Crippen molar-refractivity contribution in [3.63, 3.8) is 0 Å². The molecule has 130 valence electrons. The molecular weight excluding hydrogens is 314 g/mol. The first-order valence-corrected chi connectivity index (χ1v) is 8.66. The highest BCUT2D eigenvalue weighted by Crippen LogP contribution is 2.18. The molecule has 1 heterocycles. The molecule has 2 atom stereocenters. The molecule has 0 radical (unpaired) electrons. The smallest absolute Gasteiger partial charge is 0.315 e. The van der Waals surface area contributed by atoms with Crippen LogP contribution in [0, 0.1) is 0 Å². The van der Waals surface area contributed by atoms with Gasteiger partial charge in [-0.2, -0.15) is 0 Å². The molecule has 2 aromatic carbocycles. The quantitative estimate of drug-likeness (QED) is 0.785. The van der Waals surface area contributed by atoms with Gasteiger partial charge in [-0.25, -0.2) is 4.79 Å². The molecule has 3 amide bonds. The van der Waals surface area contributed by atoms with E-state index in [1.54, 1.807) is 0 Å². The lowest BCUT2D eigenvalue weighted by Gasteiger charge is -2.25. The molecular formula is C20H23N3O2. The predicted octanol–water partition coefficient (Wildman–Crippen LogP) is 2.55. The molecule has 5 heteroatoms. The standard InChI is InChI=1S/C20H23N3O2/c24-19-17(12-7-13-21-19)22-20(25)23-18(16-10-5-2-6-11-16)14-15-8-3-1-4-9-15/h1-6,8-11,17-18H,7,12-14H2,(H,21,24)(H2,22,23,25)/t17-,18-/m0/s1. The van der Waals surface area contributed by atoms with Gasteiger partial charge in [0.05, 0.1) is 6.04 Å². The number of rotatable bonds is 5. The molecule has 0 bridgehead atoms. The first-order valence-electron chi connectivity index (χ1n) is 8.66. The van der Waals surface area contributed by atoms with Gasteiger partial charge in [-0.05, 0) is 30.4 Å². The first kappa shape index (κ1) is 17.0. The van der Waals surface area contributed by atoms with E-state index in [1.165, 1.54) is 0 Å². The fraction of sp³-hybridized carbons (Fsp3) is 0.300. The summed E-state index contributed by atoms with van der Waals surface area (Å²) in [5, 5.41) is 8.59. The molecule has 0 unspecified atom stereocenters. The van der Waals surface area contributed by atoms with Crippen LogP contribution in [-0.2, 0) is 11.2 Å². The zero-order chi connectivity index (χ0) is 17.5. The fourth-order valence-electron chi connectivity index (χ4n) is 3.06. The van der Waals surface area contributed by atoms with E-state index in [2.05, 4.69) is 16.0 Å². The van der Waals surface area contributed by atoms with E-state index in [0.29, 0.717) is 19.4 Å². The molecule has 3 rings (SSSR count). The minimum Gasteiger partial charge on any atom is -0.354 e. The second-order valence-corrected chi connectivity index (χ2v) is 6.26. The molecule has 1 saturated heterocycles. The zero-order valence-electron chi connectivity index (χ0n) is 14.1. The van der Waals surface area contributed by atoms with Gasteiger partial charge in [0.25, 0.3) is 0 Å². The Morgan fingerprint density at radius 1 is 1.08 bits per heavy atom. The average molecular weight is 337 g/mol. The van der Waals surface area contributed by atoms with Gasteiger partial charge in [-0.3, -0.25) is 4.79 Å². The zero-order valence-corrected chi connectivity index (χ0v) is 14.1. The Morgan fingerprint density at radius 3 is 2.44 bits per heavy atom. The van der Waals surface area contributed by atoms with Gasteiger partial charge in [0, 0.05) is 6.54 Å². The molecule has 2 aromatic rings. The van der Waals surface area contributed by atoms with E-state index in [1.807, 2.05) is 60.7 Å². The number of amides is 3. The van der Waals surface area contributed by atoms with Crippen molar-refractivity contribution in [1.82, 2.24) is 16.0 Å². The second-order valence-electron chi connectivity index (χ2n) is 6.26. The van der Waals surface area contributed by atoms with Crippen molar-refractivity contribution in [2.75, 3.05) is 6.54 Å². The van der Waals surface area contributed by atoms with E-state index in [4.69, 9.17) is 0 Å². The van der Waals surface area contributed by atoms with Crippen molar-refractivity contribution in [2.45, 2.75) is 31.3 Å². The topological polar surface area (TPSA) is 70.2 Å². The van der Waals surface area contributed by atoms with Crippen LogP contribution in [0.2, 0.25) is 0 Å². The Bertz CT molecular complexity index is 703. The van der Waals surface area contributed by atoms with Crippen LogP contribution in [0.3, 0.4) is 0 Å². The van der Waals surface area contributed by atoms with Crippen molar-refractivity contribution in [1.29, 1.82) is 0 Å². The minimum absolute atomic E-state index is 0.110. The number of nitrogens with one attached hydrogen (secondary N) is 3. The summed E-state index contributed by atoms with van der Waals surface area (Å²) in [6, 6.07) is 19.0. The van der Waals surface area contributed by atoms with Gasteiger partial charge in [-0.1, -0.05) is 60.7 Å². The molecule has 0 aliphatic carbocycles. The van der Waals surface area contributed by atoms with Crippen LogP contribution in [0.15, 0.2) is 60.7 Å². The largest absolute Gasteiger partial charge is 0.354 e. The molecule has 0 aromatic heterocycles. The van der Waals surface area contributed by atoms with Crippen molar-refractivity contribution in [3.05, 3.63) is 71.8 Å². The van der Waals surface area contributed by atoms with Crippen molar-refractivity contribution in [3.8, 4) is 0 Å². The van der Waals surface area contributed by atoms with Gasteiger partial charge in [-0.15, -0.1) is 0 Å². The summed E-state index contributed by atoms with van der Waals surface area (Å²) < 4.78 is 0. The lowest BCUT2D eigenvalue weighted by Crippen LogP contribution is -2.53. The van der Waals surface area contributed by atoms with Crippen LogP contribution in [0.5, 0.6) is 0 Å². The normalized spacial score (nSPS) is 18.1. The summed E-state index contributed by atoms with van der Waals surface area (Å²) >= 11 is 0. The summed E-state index contributed by atoms with van der Waals surface area (Å²) in [5.74, 6) is -0.110. The molecule has 1 fully saturated rings. The highest BCUT2D eigenvalue weighted by atomic mass is 16.2. The SMILES string of the molecule is O=C(N[C@H]1CCCNC1=O)N[C@@H](Cc1ccccc1)c1ccccc1. The van der Waals surface area contributed by atoms with Crippen molar-refractivity contribution >= 4 is 11.9 Å². The third kappa shape index (κ3) is 4.83. The summed E-state index contributed by atoms with van der Waals surface area (Å²) in [6.45, 7) is 0.680. The minimum atomic E-state index is -0.457. The van der Waals surface area contributed by atoms with Crippen molar-refractivity contribution in [2.24, 2.45) is 0 Å². The molecule has 0 spiro atoms. The van der Waals surface area contributed by atoms with Crippen LogP contribution < -0.4 is 16.0 Å². The van der Waals surface area contributed by atoms with E-state index >= 15 is 0 Å². The summed E-state index contributed by atoms with van der Waals surface area (Å²) in [6.07, 6.45) is 2.24. The van der Waals surface area contributed by atoms with Gasteiger partial charge < -0.3 is 16.0 Å². The lowest BCUT2D eigenvalue weighted by atomic mass is 9.99. The summed E-state index contributed by atoms with van der Waals surface area (Å²) in [4.78, 5) is 24.3. The number of hydrogen-bond donors (Lipinski definition) is 3. The number of carbonyl (C=O) groups is 2. The predicted molar refractivity (Wildman–Crippen MR) is 97.0 cm³/mol. The van der Waals surface area contributed by atoms with Crippen LogP contribution >= 0.6 is 0 Å². The number of benzene rings is 2. The highest BCUT2D eigenvalue weighted by Gasteiger charge is 2.24. The molecule has 1 aliphatic rings. The van der Waals surface area contributed by atoms with Crippen LogP contribution in [0.25, 0.3) is 0 Å². The Hall–Kier alpha value is -2.82. The third-order valence-corrected chi connectivity index (χ3v) is 4.38. The fourth-order valence-corrected chi connectivity index (χ4v) is 3.06. The van der Waals surface area contributed by atoms with Crippen LogP contribution in [0.4, 0.5) is 4.79 Å². The summed E-state index contributed by atoms with van der Waals surface area (Å²) in [5.41, 5.74) is 2.18. The number of piperidine rings is 1. The molecule has 0 saturated carbocycles. The number of urea groups is 1. The average Bonchev–Trinajstić information content (AvgIpc) is 2.65. The van der Waals surface area contributed by atoms with Crippen molar-refractivity contribution < 1.29 is 9.59 Å². The maximum Gasteiger partial charge on any atom is 0.315 e. The van der Waals surface area contributed by atoms with Gasteiger partial charge in [0.15, 0.2) is 0 Å². The first-order chi connectivity index (χ1) is 12.2. The maximum atomic E-state index is 12.4. The third-order valence-electron chi connectivity index (χ3n) is 4.38. The molecule has 25 heavy (non-hydrogen) atoms. The Balaban J connectivity index is 1.68. The highest BCUT2D eigenvalue weighted by molar-refractivity contribution is 5.87. The van der Waals surface area contributed by atoms with Crippen LogP contribution in [0.1, 0.15) is 30.0 Å². The number of carbonyl (C=O) groups excluding carboxylic acids is 2.